The molecule has 8 atom stereocenters. The summed E-state index contributed by atoms with van der Waals surface area (Å²) in [6.45, 7) is 4.59. The topological polar surface area (TPSA) is 394 Å². The number of carboxylic acids is 1. The van der Waals surface area contributed by atoms with Gasteiger partial charge in [-0.1, -0.05) is 108 Å². The lowest BCUT2D eigenvalue weighted by Gasteiger charge is -2.28. The Balaban J connectivity index is 0.000000175. The molecule has 9 N–H and O–H groups in total. The predicted octanol–water partition coefficient (Wildman–Crippen LogP) is 8.25. The van der Waals surface area contributed by atoms with E-state index in [1.165, 1.54) is 24.3 Å². The van der Waals surface area contributed by atoms with E-state index in [0.29, 0.717) is 99.2 Å². The molecular weight excluding hydrogens is 1290 g/mol. The number of carbonyl (C=O) groups excluding carboxylic acids is 11. The van der Waals surface area contributed by atoms with Crippen LogP contribution >= 0.6 is 23.2 Å². The lowest BCUT2D eigenvalue weighted by molar-refractivity contribution is -0.191. The summed E-state index contributed by atoms with van der Waals surface area (Å²) in [7, 11) is 0. The number of amides is 4. The van der Waals surface area contributed by atoms with E-state index in [9.17, 15) is 47.9 Å². The number of pyridine rings is 2. The highest BCUT2D eigenvalue weighted by Gasteiger charge is 2.49. The minimum atomic E-state index is -0.984. The Kier molecular flexibility index (Phi) is 25.0. The normalized spacial score (nSPS) is 19.4. The number of esters is 1. The van der Waals surface area contributed by atoms with Crippen LogP contribution in [0.1, 0.15) is 124 Å². The molecule has 97 heavy (non-hydrogen) atoms. The monoisotopic (exact) mass is 1360 g/mol. The van der Waals surface area contributed by atoms with Crippen molar-refractivity contribution in [2.24, 2.45) is 57.0 Å². The van der Waals surface area contributed by atoms with Crippen LogP contribution in [-0.2, 0) is 51.1 Å². The lowest BCUT2D eigenvalue weighted by atomic mass is 9.88. The minimum Gasteiger partial charge on any atom is -0.478 e. The molecule has 4 bridgehead atoms. The summed E-state index contributed by atoms with van der Waals surface area (Å²) < 4.78 is 9.21. The van der Waals surface area contributed by atoms with Crippen molar-refractivity contribution in [3.8, 4) is 0 Å². The van der Waals surface area contributed by atoms with E-state index in [1.54, 1.807) is 80.0 Å². The Hall–Kier alpha value is -11.1. The highest BCUT2D eigenvalue weighted by molar-refractivity contribution is 6.34. The van der Waals surface area contributed by atoms with Gasteiger partial charge < -0.3 is 47.3 Å². The number of benzene rings is 4. The van der Waals surface area contributed by atoms with Crippen LogP contribution in [-0.4, -0.2) is 125 Å². The van der Waals surface area contributed by atoms with Crippen molar-refractivity contribution in [1.82, 2.24) is 20.6 Å². The summed E-state index contributed by atoms with van der Waals surface area (Å²) in [5.41, 5.74) is 21.9. The van der Waals surface area contributed by atoms with E-state index in [4.69, 9.17) is 64.1 Å². The van der Waals surface area contributed by atoms with Crippen molar-refractivity contribution in [2.75, 3.05) is 30.5 Å². The number of nitrogens with zero attached hydrogens (tertiary/aromatic N) is 4. The van der Waals surface area contributed by atoms with Gasteiger partial charge in [0.2, 0.25) is 11.8 Å². The van der Waals surface area contributed by atoms with Gasteiger partial charge in [-0.2, -0.15) is 9.59 Å². The second-order valence-electron chi connectivity index (χ2n) is 22.6. The van der Waals surface area contributed by atoms with Crippen molar-refractivity contribution in [3.05, 3.63) is 200 Å². The number of carbonyl (C=O) groups is 10. The number of fused-ring (bicyclic) bond motifs is 6. The zero-order valence-electron chi connectivity index (χ0n) is 52.3. The molecule has 2 saturated carbocycles. The summed E-state index contributed by atoms with van der Waals surface area (Å²) in [6, 6.07) is 26.1. The number of aromatic nitrogens is 2. The molecule has 4 aromatic carbocycles. The molecule has 27 heteroatoms. The van der Waals surface area contributed by atoms with E-state index in [2.05, 4.69) is 60.3 Å². The van der Waals surface area contributed by atoms with Crippen LogP contribution < -0.4 is 32.7 Å². The number of hydrogen-bond acceptors (Lipinski definition) is 20. The fourth-order valence-electron chi connectivity index (χ4n) is 12.1. The van der Waals surface area contributed by atoms with Crippen LogP contribution in [0.25, 0.3) is 0 Å². The Morgan fingerprint density at radius 3 is 1.39 bits per heavy atom. The van der Waals surface area contributed by atoms with Crippen LogP contribution in [0, 0.1) is 35.5 Å². The Labute approximate surface area is 565 Å². The van der Waals surface area contributed by atoms with Crippen molar-refractivity contribution in [2.45, 2.75) is 64.5 Å². The molecule has 2 fully saturated rings. The Bertz CT molecular complexity index is 4140. The van der Waals surface area contributed by atoms with E-state index < -0.39 is 5.97 Å². The number of halogens is 2. The summed E-state index contributed by atoms with van der Waals surface area (Å²) in [4.78, 5) is 147. The largest absolute Gasteiger partial charge is 0.478 e. The number of nitrogens with one attached hydrogen (secondary N) is 4. The summed E-state index contributed by atoms with van der Waals surface area (Å²) in [6.07, 6.45) is 16.4. The first-order valence-corrected chi connectivity index (χ1v) is 31.3. The number of allylic oxidation sites excluding steroid dienone is 2. The molecule has 12 rings (SSSR count). The van der Waals surface area contributed by atoms with Gasteiger partial charge >= 0.3 is 18.1 Å². The third kappa shape index (κ3) is 17.8. The number of nitrogens with two attached hydrogens (primary N) is 2. The van der Waals surface area contributed by atoms with Gasteiger partial charge in [0, 0.05) is 78.1 Å². The van der Waals surface area contributed by atoms with E-state index in [0.717, 1.165) is 46.8 Å². The molecule has 4 amide bonds. The molecule has 6 aromatic rings. The molecule has 0 spiro atoms. The number of aldehydes is 2. The van der Waals surface area contributed by atoms with Crippen molar-refractivity contribution < 1.29 is 72.1 Å². The Morgan fingerprint density at radius 2 is 1.00 bits per heavy atom. The van der Waals surface area contributed by atoms with Crippen LogP contribution in [0.5, 0.6) is 0 Å². The summed E-state index contributed by atoms with van der Waals surface area (Å²) in [5.74, 6) is -2.34. The maximum atomic E-state index is 12.1. The average Bonchev–Trinajstić information content (AvgIpc) is 1.63. The quantitative estimate of drug-likeness (QED) is 0.00839. The van der Waals surface area contributed by atoms with Crippen LogP contribution in [0.15, 0.2) is 144 Å². The number of hydrogen-bond donors (Lipinski definition) is 7. The first kappa shape index (κ1) is 71.7. The van der Waals surface area contributed by atoms with Gasteiger partial charge in [0.1, 0.15) is 23.9 Å². The number of carboxylic acid groups (broad SMARTS) is 1. The van der Waals surface area contributed by atoms with Crippen molar-refractivity contribution in [1.29, 1.82) is 0 Å². The molecule has 0 unspecified atom stereocenters. The maximum Gasteiger partial charge on any atom is 0.373 e. The molecular formula is C70H66Cl2N10O15. The number of primary amides is 2. The van der Waals surface area contributed by atoms with Gasteiger partial charge in [-0.3, -0.25) is 53.1 Å². The van der Waals surface area contributed by atoms with E-state index >= 15 is 0 Å². The van der Waals surface area contributed by atoms with Gasteiger partial charge in [0.25, 0.3) is 18.3 Å². The highest BCUT2D eigenvalue weighted by atomic mass is 35.5. The third-order valence-electron chi connectivity index (χ3n) is 16.7. The first-order valence-electron chi connectivity index (χ1n) is 30.6. The number of aromatic carboxylic acids is 1. The number of anilines is 2. The minimum absolute atomic E-state index is 0.0854. The molecule has 0 saturated heterocycles. The SMILES string of the molecule is CCNC(=O)c1ccc(C2=Nc3c(ncc(Cl)c3N[C@H]3[C@@H](C(N)=O)[C@@H]4C=C[C@H]3C4)C2)cc1.CCOC(=O)CCC(=O)c1ccc(C=O)cc1.NC(=O)[C@@H]1[C@H](Nc2c(Cl)cnc3c2N=C(c2ccc(C(=O)NCOC=O)cc2)C3)[C@H]2C=C[C@@H]1C2.O=C=O.O=Cc1ccc(C(=O)O)cc1. The van der Waals surface area contributed by atoms with Gasteiger partial charge in [0.05, 0.1) is 74.7 Å². The number of rotatable bonds is 22. The summed E-state index contributed by atoms with van der Waals surface area (Å²) >= 11 is 13.0. The van der Waals surface area contributed by atoms with Gasteiger partial charge in [-0.05, 0) is 97.9 Å². The standard InChI is InChI=1S/C24H22ClN5O4.C24H24ClN5O2.C13H14O4.C8H6O3.CO2/c25-16-9-27-18-8-17(12-1-3-13(4-2-12)24(33)28-10-34-11-31)29-22(18)21(16)30-20-15-6-5-14(7-15)19(20)23(26)32;1-2-27-24(32)13-5-3-12(4-6-13)17-10-18-22(29-17)21(16(25)11-28-18)30-20-15-8-7-14(9-15)19(20)23(26)31;1-2-17-13(16)8-7-12(15)11-5-3-10(9-14)4-6-11;9-5-6-1-3-7(4-2-6)8(10)11;2-1-3/h1-6,9,11,14-15,19-20H,7-8,10H2,(H2,26,32)(H,27,30)(H,28,33);3-8,11,14-15,19-20H,2,9-10H2,1H3,(H2,26,31)(H,27,32)(H,28,30);3-6,9H,2,7-8H2,1H3;1-5H,(H,10,11);/t2*14-,15+,19+,20-;;;/m11.../s1. The maximum absolute atomic E-state index is 12.1. The summed E-state index contributed by atoms with van der Waals surface area (Å²) in [5, 5.41) is 21.6. The molecule has 2 aliphatic heterocycles. The van der Waals surface area contributed by atoms with Gasteiger partial charge in [-0.25, -0.2) is 14.8 Å². The van der Waals surface area contributed by atoms with Gasteiger partial charge in [0.15, 0.2) is 12.5 Å². The smallest absolute Gasteiger partial charge is 0.373 e. The second kappa shape index (κ2) is 33.8. The van der Waals surface area contributed by atoms with E-state index in [1.807, 2.05) is 19.1 Å². The van der Waals surface area contributed by atoms with Crippen LogP contribution in [0.4, 0.5) is 22.7 Å². The average molecular weight is 1360 g/mol. The van der Waals surface area contributed by atoms with E-state index in [-0.39, 0.29) is 121 Å². The van der Waals surface area contributed by atoms with Gasteiger partial charge in [-0.15, -0.1) is 0 Å². The molecule has 0 radical (unpaired) electrons. The fourth-order valence-corrected chi connectivity index (χ4v) is 12.5. The lowest BCUT2D eigenvalue weighted by Crippen LogP contribution is -2.41. The second-order valence-corrected chi connectivity index (χ2v) is 23.5. The molecule has 500 valence electrons. The number of ether oxygens (including phenoxy) is 2. The number of aliphatic imine (C=N–C) groups is 2. The first-order chi connectivity index (χ1) is 46.7. The number of Topliss-reactive ketones (excluding diaryl/α,β-unsaturated/α-hetero) is 1. The van der Waals surface area contributed by atoms with Crippen LogP contribution in [0.2, 0.25) is 10.0 Å². The van der Waals surface area contributed by atoms with Crippen molar-refractivity contribution >= 4 is 124 Å². The predicted molar refractivity (Wildman–Crippen MR) is 356 cm³/mol. The molecule has 4 aliphatic carbocycles. The molecule has 2 aromatic heterocycles. The van der Waals surface area contributed by atoms with Crippen molar-refractivity contribution in [3.63, 3.8) is 0 Å². The fraction of sp³-hybridized carbons (Fsp3) is 0.271. The van der Waals surface area contributed by atoms with Crippen LogP contribution in [0.3, 0.4) is 0 Å². The zero-order chi connectivity index (χ0) is 69.9. The molecule has 25 nitrogen and oxygen atoms in total. The Morgan fingerprint density at radius 1 is 0.588 bits per heavy atom. The highest BCUT2D eigenvalue weighted by Crippen LogP contribution is 2.49. The number of ketones is 1. The molecule has 6 aliphatic rings. The molecule has 4 heterocycles. The third-order valence-corrected chi connectivity index (χ3v) is 17.3. The zero-order valence-corrected chi connectivity index (χ0v) is 53.8.